The molecule has 0 saturated heterocycles. The van der Waals surface area contributed by atoms with E-state index in [4.69, 9.17) is 4.98 Å². The molecule has 6 heteroatoms. The quantitative estimate of drug-likeness (QED) is 0.520. The van der Waals surface area contributed by atoms with Gasteiger partial charge in [-0.25, -0.2) is 0 Å². The van der Waals surface area contributed by atoms with Crippen LogP contribution in [0.2, 0.25) is 0 Å². The zero-order valence-corrected chi connectivity index (χ0v) is 15.1. The molecule has 0 fully saturated rings. The van der Waals surface area contributed by atoms with Crippen LogP contribution in [0.15, 0.2) is 17.0 Å². The van der Waals surface area contributed by atoms with Crippen molar-refractivity contribution in [3.05, 3.63) is 23.4 Å². The molecule has 2 heterocycles. The van der Waals surface area contributed by atoms with Crippen LogP contribution in [0.3, 0.4) is 0 Å². The van der Waals surface area contributed by atoms with Crippen molar-refractivity contribution in [1.82, 2.24) is 18.6 Å². The highest BCUT2D eigenvalue weighted by Gasteiger charge is 2.21. The maximum atomic E-state index is 4.96. The van der Waals surface area contributed by atoms with Gasteiger partial charge in [0.25, 0.3) is 0 Å². The van der Waals surface area contributed by atoms with E-state index >= 15 is 0 Å². The van der Waals surface area contributed by atoms with Crippen molar-refractivity contribution in [2.24, 2.45) is 0 Å². The maximum absolute atomic E-state index is 4.96. The summed E-state index contributed by atoms with van der Waals surface area (Å²) in [6, 6.07) is 4.28. The van der Waals surface area contributed by atoms with Crippen molar-refractivity contribution in [1.29, 1.82) is 0 Å². The van der Waals surface area contributed by atoms with E-state index in [1.165, 1.54) is 52.5 Å². The van der Waals surface area contributed by atoms with Crippen LogP contribution in [0.25, 0.3) is 21.9 Å². The fraction of sp³-hybridized carbons (Fsp3) is 0.471. The van der Waals surface area contributed by atoms with Crippen LogP contribution in [-0.2, 0) is 12.8 Å². The Hall–Kier alpha value is -1.24. The van der Waals surface area contributed by atoms with Gasteiger partial charge in [0.1, 0.15) is 16.6 Å². The fourth-order valence-electron chi connectivity index (χ4n) is 3.25. The minimum atomic E-state index is 0.969. The Balaban J connectivity index is 1.77. The Labute approximate surface area is 144 Å². The Morgan fingerprint density at radius 2 is 2.09 bits per heavy atom. The van der Waals surface area contributed by atoms with E-state index in [2.05, 4.69) is 39.9 Å². The van der Waals surface area contributed by atoms with Gasteiger partial charge in [-0.3, -0.25) is 4.98 Å². The number of pyridine rings is 1. The summed E-state index contributed by atoms with van der Waals surface area (Å²) in [6.45, 7) is 1.14. The monoisotopic (exact) mass is 344 g/mol. The van der Waals surface area contributed by atoms with E-state index in [-0.39, 0.29) is 0 Å². The van der Waals surface area contributed by atoms with Gasteiger partial charge in [0.2, 0.25) is 0 Å². The number of aromatic nitrogens is 3. The summed E-state index contributed by atoms with van der Waals surface area (Å²) < 4.78 is 8.85. The average molecular weight is 345 g/mol. The largest absolute Gasteiger partial charge is 0.309 e. The van der Waals surface area contributed by atoms with E-state index in [0.29, 0.717) is 0 Å². The van der Waals surface area contributed by atoms with Crippen LogP contribution in [0.4, 0.5) is 0 Å². The lowest BCUT2D eigenvalue weighted by atomic mass is 10.1. The molecule has 0 saturated carbocycles. The number of rotatable bonds is 5. The molecule has 0 amide bonds. The van der Waals surface area contributed by atoms with Gasteiger partial charge in [0.05, 0.1) is 11.7 Å². The van der Waals surface area contributed by atoms with Crippen molar-refractivity contribution in [2.45, 2.75) is 30.6 Å². The number of thioether (sulfide) groups is 1. The first kappa shape index (κ1) is 15.3. The lowest BCUT2D eigenvalue weighted by Crippen LogP contribution is -2.13. The van der Waals surface area contributed by atoms with E-state index in [0.717, 1.165) is 35.3 Å². The van der Waals surface area contributed by atoms with Crippen molar-refractivity contribution in [3.8, 4) is 0 Å². The molecule has 0 atom stereocenters. The first-order valence-corrected chi connectivity index (χ1v) is 9.80. The molecular weight excluding hydrogens is 324 g/mol. The summed E-state index contributed by atoms with van der Waals surface area (Å²) in [5, 5.41) is 1.26. The molecular formula is C17H20N4S2. The number of fused-ring (bicyclic) bond motifs is 4. The standard InChI is InChI=1S/C17H20N4S2/c1-21(2)9-4-10-22-17-11-5-3-6-13(11)18-15-12(17)7-8-14-16(15)20-23-19-14/h7-8H,3-6,9-10H2,1-2H3. The minimum absolute atomic E-state index is 0.969. The molecule has 120 valence electrons. The first-order chi connectivity index (χ1) is 11.2. The van der Waals surface area contributed by atoms with Crippen molar-refractivity contribution >= 4 is 45.4 Å². The molecule has 4 nitrogen and oxygen atoms in total. The summed E-state index contributed by atoms with van der Waals surface area (Å²) in [6.07, 6.45) is 4.70. The Morgan fingerprint density at radius 3 is 2.96 bits per heavy atom. The molecule has 0 N–H and O–H groups in total. The summed E-state index contributed by atoms with van der Waals surface area (Å²) in [5.41, 5.74) is 5.75. The zero-order chi connectivity index (χ0) is 15.8. The van der Waals surface area contributed by atoms with Crippen molar-refractivity contribution in [2.75, 3.05) is 26.4 Å². The van der Waals surface area contributed by atoms with E-state index in [9.17, 15) is 0 Å². The van der Waals surface area contributed by atoms with E-state index < -0.39 is 0 Å². The topological polar surface area (TPSA) is 41.9 Å². The van der Waals surface area contributed by atoms with Crippen LogP contribution >= 0.6 is 23.5 Å². The van der Waals surface area contributed by atoms with Gasteiger partial charge in [-0.15, -0.1) is 11.8 Å². The molecule has 3 aromatic rings. The third-order valence-corrected chi connectivity index (χ3v) is 6.14. The van der Waals surface area contributed by atoms with E-state index in [1.54, 1.807) is 0 Å². The van der Waals surface area contributed by atoms with Gasteiger partial charge in [0.15, 0.2) is 0 Å². The third kappa shape index (κ3) is 2.84. The summed E-state index contributed by atoms with van der Waals surface area (Å²) in [5.74, 6) is 1.15. The van der Waals surface area contributed by atoms with Crippen LogP contribution in [0, 0.1) is 0 Å². The van der Waals surface area contributed by atoms with Crippen LogP contribution < -0.4 is 0 Å². The maximum Gasteiger partial charge on any atom is 0.131 e. The third-order valence-electron chi connectivity index (χ3n) is 4.35. The van der Waals surface area contributed by atoms with Crippen LogP contribution in [-0.4, -0.2) is 45.0 Å². The molecule has 0 aliphatic heterocycles. The second kappa shape index (κ2) is 6.34. The molecule has 0 radical (unpaired) electrons. The lowest BCUT2D eigenvalue weighted by Gasteiger charge is -2.13. The molecule has 0 spiro atoms. The van der Waals surface area contributed by atoms with Crippen LogP contribution in [0.1, 0.15) is 24.1 Å². The Morgan fingerprint density at radius 1 is 1.17 bits per heavy atom. The van der Waals surface area contributed by atoms with Crippen molar-refractivity contribution < 1.29 is 0 Å². The van der Waals surface area contributed by atoms with Crippen LogP contribution in [0.5, 0.6) is 0 Å². The van der Waals surface area contributed by atoms with Gasteiger partial charge in [-0.2, -0.15) is 8.75 Å². The molecule has 4 rings (SSSR count). The highest BCUT2D eigenvalue weighted by molar-refractivity contribution is 7.99. The van der Waals surface area contributed by atoms with Gasteiger partial charge >= 0.3 is 0 Å². The summed E-state index contributed by atoms with van der Waals surface area (Å²) >= 11 is 3.28. The molecule has 1 aliphatic rings. The minimum Gasteiger partial charge on any atom is -0.309 e. The Kier molecular flexibility index (Phi) is 4.22. The van der Waals surface area contributed by atoms with Crippen molar-refractivity contribution in [3.63, 3.8) is 0 Å². The second-order valence-electron chi connectivity index (χ2n) is 6.32. The van der Waals surface area contributed by atoms with Gasteiger partial charge in [-0.05, 0) is 69.8 Å². The number of nitrogens with zero attached hydrogens (tertiary/aromatic N) is 4. The molecule has 1 aromatic carbocycles. The van der Waals surface area contributed by atoms with Gasteiger partial charge < -0.3 is 4.90 Å². The summed E-state index contributed by atoms with van der Waals surface area (Å²) in [7, 11) is 4.27. The number of aryl methyl sites for hydroxylation is 1. The highest BCUT2D eigenvalue weighted by atomic mass is 32.2. The molecule has 23 heavy (non-hydrogen) atoms. The van der Waals surface area contributed by atoms with Gasteiger partial charge in [-0.1, -0.05) is 0 Å². The normalized spacial score (nSPS) is 14.2. The highest BCUT2D eigenvalue weighted by Crippen LogP contribution is 2.38. The molecule has 2 aromatic heterocycles. The Bertz CT molecular complexity index is 857. The molecule has 1 aliphatic carbocycles. The first-order valence-electron chi connectivity index (χ1n) is 8.08. The number of hydrogen-bond donors (Lipinski definition) is 0. The predicted octanol–water partition coefficient (Wildman–Crippen LogP) is 3.77. The fourth-order valence-corrected chi connectivity index (χ4v) is 4.98. The van der Waals surface area contributed by atoms with E-state index in [1.807, 2.05) is 11.8 Å². The molecule has 0 bridgehead atoms. The summed E-state index contributed by atoms with van der Waals surface area (Å²) in [4.78, 5) is 8.65. The van der Waals surface area contributed by atoms with Gasteiger partial charge in [0, 0.05) is 16.0 Å². The average Bonchev–Trinajstić information content (AvgIpc) is 3.18. The predicted molar refractivity (Wildman–Crippen MR) is 98.6 cm³/mol. The zero-order valence-electron chi connectivity index (χ0n) is 13.5. The second-order valence-corrected chi connectivity index (χ2v) is 7.95. The molecule has 0 unspecified atom stereocenters. The lowest BCUT2D eigenvalue weighted by molar-refractivity contribution is 0.410. The smallest absolute Gasteiger partial charge is 0.131 e. The SMILES string of the molecule is CN(C)CCCSc1c2c(nc3c1ccc1nsnc13)CCC2. The number of benzene rings is 1. The number of hydrogen-bond acceptors (Lipinski definition) is 6.